The number of hydrogen-bond acceptors (Lipinski definition) is 7. The lowest BCUT2D eigenvalue weighted by Crippen LogP contribution is -2.30. The molecule has 0 aromatic heterocycles. The number of nitro benzene ring substituents is 1. The zero-order valence-electron chi connectivity index (χ0n) is 10.1. The van der Waals surface area contributed by atoms with E-state index >= 15 is 0 Å². The van der Waals surface area contributed by atoms with E-state index in [0.717, 1.165) is 12.1 Å². The van der Waals surface area contributed by atoms with Crippen molar-refractivity contribution < 1.29 is 24.7 Å². The van der Waals surface area contributed by atoms with E-state index in [-0.39, 0.29) is 23.5 Å². The molecule has 0 aliphatic heterocycles. The molecule has 8 nitrogen and oxygen atoms in total. The number of carbonyl (C=O) groups excluding carboxylic acids is 1. The highest BCUT2D eigenvalue weighted by atomic mass is 16.6. The fourth-order valence-electron chi connectivity index (χ4n) is 1.47. The van der Waals surface area contributed by atoms with Crippen LogP contribution in [0.5, 0.6) is 0 Å². The molecule has 0 bridgehead atoms. The predicted molar refractivity (Wildman–Crippen MR) is 65.1 cm³/mol. The van der Waals surface area contributed by atoms with Crippen LogP contribution in [0.15, 0.2) is 18.2 Å². The predicted octanol–water partition coefficient (Wildman–Crippen LogP) is 0.134. The number of nitrogen functional groups attached to an aromatic ring is 1. The molecule has 2 unspecified atom stereocenters. The molecule has 0 aliphatic carbocycles. The molecular formula is C11H14N2O6. The number of nitrogens with zero attached hydrogens (tertiary/aromatic N) is 1. The summed E-state index contributed by atoms with van der Waals surface area (Å²) in [5, 5.41) is 29.9. The molecule has 1 rings (SSSR count). The largest absolute Gasteiger partial charge is 0.464 e. The third-order valence-electron chi connectivity index (χ3n) is 2.43. The maximum absolute atomic E-state index is 11.3. The van der Waals surface area contributed by atoms with Gasteiger partial charge in [0.15, 0.2) is 6.10 Å². The van der Waals surface area contributed by atoms with Crippen LogP contribution in [-0.2, 0) is 9.53 Å². The number of carbonyl (C=O) groups is 1. The summed E-state index contributed by atoms with van der Waals surface area (Å²) in [6, 6.07) is 3.34. The molecule has 0 radical (unpaired) electrons. The summed E-state index contributed by atoms with van der Waals surface area (Å²) in [5.41, 5.74) is 5.22. The van der Waals surface area contributed by atoms with Crippen molar-refractivity contribution in [1.82, 2.24) is 0 Å². The molecule has 0 saturated heterocycles. The van der Waals surface area contributed by atoms with Crippen molar-refractivity contribution in [1.29, 1.82) is 0 Å². The van der Waals surface area contributed by atoms with Crippen molar-refractivity contribution in [2.45, 2.75) is 19.1 Å². The topological polar surface area (TPSA) is 136 Å². The number of benzene rings is 1. The van der Waals surface area contributed by atoms with Crippen LogP contribution >= 0.6 is 0 Å². The van der Waals surface area contributed by atoms with E-state index in [0.29, 0.717) is 0 Å². The number of non-ortho nitro benzene ring substituents is 1. The molecule has 0 saturated carbocycles. The lowest BCUT2D eigenvalue weighted by atomic mass is 10.0. The first kappa shape index (κ1) is 14.9. The van der Waals surface area contributed by atoms with E-state index in [1.54, 1.807) is 6.92 Å². The standard InChI is InChI=1S/C11H14N2O6/c1-2-19-11(16)10(15)9(14)7-4-3-6(13(17)18)5-8(7)12/h3-5,9-10,14-15H,2,12H2,1H3. The van der Waals surface area contributed by atoms with Crippen molar-refractivity contribution in [3.8, 4) is 0 Å². The molecule has 104 valence electrons. The number of rotatable bonds is 5. The van der Waals surface area contributed by atoms with E-state index < -0.39 is 23.1 Å². The average molecular weight is 270 g/mol. The van der Waals surface area contributed by atoms with Gasteiger partial charge in [0.2, 0.25) is 0 Å². The summed E-state index contributed by atoms with van der Waals surface area (Å²) in [7, 11) is 0. The first-order valence-corrected chi connectivity index (χ1v) is 5.45. The highest BCUT2D eigenvalue weighted by Gasteiger charge is 2.28. The third-order valence-corrected chi connectivity index (χ3v) is 2.43. The number of anilines is 1. The van der Waals surface area contributed by atoms with Gasteiger partial charge in [-0.2, -0.15) is 0 Å². The molecule has 1 aromatic rings. The van der Waals surface area contributed by atoms with Gasteiger partial charge in [0.05, 0.1) is 11.5 Å². The quantitative estimate of drug-likeness (QED) is 0.299. The fraction of sp³-hybridized carbons (Fsp3) is 0.364. The Hall–Kier alpha value is -2.19. The van der Waals surface area contributed by atoms with Crippen molar-refractivity contribution in [2.24, 2.45) is 0 Å². The van der Waals surface area contributed by atoms with Gasteiger partial charge in [0.25, 0.3) is 5.69 Å². The van der Waals surface area contributed by atoms with E-state index in [9.17, 15) is 25.1 Å². The van der Waals surface area contributed by atoms with Crippen LogP contribution in [-0.4, -0.2) is 33.8 Å². The van der Waals surface area contributed by atoms with Crippen LogP contribution in [0.4, 0.5) is 11.4 Å². The Kier molecular flexibility index (Phi) is 4.79. The number of nitro groups is 1. The van der Waals surface area contributed by atoms with Gasteiger partial charge in [-0.15, -0.1) is 0 Å². The second-order valence-electron chi connectivity index (χ2n) is 3.71. The van der Waals surface area contributed by atoms with Crippen molar-refractivity contribution in [3.05, 3.63) is 33.9 Å². The first-order valence-electron chi connectivity index (χ1n) is 5.45. The number of hydrogen-bond donors (Lipinski definition) is 3. The molecule has 1 aromatic carbocycles. The summed E-state index contributed by atoms with van der Waals surface area (Å²) in [6.07, 6.45) is -3.41. The Balaban J connectivity index is 2.96. The minimum absolute atomic E-state index is 0.0196. The maximum Gasteiger partial charge on any atom is 0.338 e. The van der Waals surface area contributed by atoms with Crippen LogP contribution in [0.25, 0.3) is 0 Å². The summed E-state index contributed by atoms with van der Waals surface area (Å²) >= 11 is 0. The molecule has 0 fully saturated rings. The number of esters is 1. The van der Waals surface area contributed by atoms with Crippen LogP contribution in [0.3, 0.4) is 0 Å². The van der Waals surface area contributed by atoms with E-state index in [1.165, 1.54) is 6.07 Å². The molecule has 0 aliphatic rings. The zero-order chi connectivity index (χ0) is 14.6. The lowest BCUT2D eigenvalue weighted by Gasteiger charge is -2.18. The Morgan fingerprint density at radius 3 is 2.63 bits per heavy atom. The van der Waals surface area contributed by atoms with E-state index in [1.807, 2.05) is 0 Å². The van der Waals surface area contributed by atoms with Crippen LogP contribution < -0.4 is 5.73 Å². The van der Waals surface area contributed by atoms with Gasteiger partial charge in [-0.1, -0.05) is 0 Å². The second kappa shape index (κ2) is 6.12. The van der Waals surface area contributed by atoms with Crippen LogP contribution in [0, 0.1) is 10.1 Å². The molecule has 2 atom stereocenters. The molecule has 4 N–H and O–H groups in total. The average Bonchev–Trinajstić information content (AvgIpc) is 2.37. The summed E-state index contributed by atoms with van der Waals surface area (Å²) in [6.45, 7) is 1.61. The first-order chi connectivity index (χ1) is 8.88. The highest BCUT2D eigenvalue weighted by molar-refractivity contribution is 5.76. The lowest BCUT2D eigenvalue weighted by molar-refractivity contribution is -0.384. The minimum Gasteiger partial charge on any atom is -0.464 e. The van der Waals surface area contributed by atoms with Gasteiger partial charge >= 0.3 is 5.97 Å². The molecule has 8 heteroatoms. The Morgan fingerprint density at radius 1 is 1.53 bits per heavy atom. The number of aliphatic hydroxyl groups excluding tert-OH is 2. The monoisotopic (exact) mass is 270 g/mol. The highest BCUT2D eigenvalue weighted by Crippen LogP contribution is 2.27. The Morgan fingerprint density at radius 2 is 2.16 bits per heavy atom. The SMILES string of the molecule is CCOC(=O)C(O)C(O)c1ccc([N+](=O)[O-])cc1N. The van der Waals surface area contributed by atoms with Crippen molar-refractivity contribution >= 4 is 17.3 Å². The molecule has 0 spiro atoms. The van der Waals surface area contributed by atoms with Crippen molar-refractivity contribution in [3.63, 3.8) is 0 Å². The van der Waals surface area contributed by atoms with E-state index in [2.05, 4.69) is 4.74 Å². The van der Waals surface area contributed by atoms with Crippen molar-refractivity contribution in [2.75, 3.05) is 12.3 Å². The zero-order valence-corrected chi connectivity index (χ0v) is 10.1. The summed E-state index contributed by atoms with van der Waals surface area (Å²) in [5.74, 6) is -0.993. The van der Waals surface area contributed by atoms with Crippen LogP contribution in [0.1, 0.15) is 18.6 Å². The number of aliphatic hydroxyl groups is 2. The minimum atomic E-state index is -1.80. The van der Waals surface area contributed by atoms with Crippen LogP contribution in [0.2, 0.25) is 0 Å². The normalized spacial score (nSPS) is 13.6. The van der Waals surface area contributed by atoms with Gasteiger partial charge in [-0.25, -0.2) is 4.79 Å². The number of nitrogens with two attached hydrogens (primary N) is 1. The van der Waals surface area contributed by atoms with Gasteiger partial charge in [0, 0.05) is 23.4 Å². The second-order valence-corrected chi connectivity index (χ2v) is 3.71. The summed E-state index contributed by atoms with van der Waals surface area (Å²) in [4.78, 5) is 21.1. The molecular weight excluding hydrogens is 256 g/mol. The maximum atomic E-state index is 11.3. The van der Waals surface area contributed by atoms with Gasteiger partial charge in [0.1, 0.15) is 6.10 Å². The van der Waals surface area contributed by atoms with Gasteiger partial charge in [-0.3, -0.25) is 10.1 Å². The van der Waals surface area contributed by atoms with Gasteiger partial charge in [-0.05, 0) is 13.0 Å². The number of ether oxygens (including phenoxy) is 1. The van der Waals surface area contributed by atoms with E-state index in [4.69, 9.17) is 5.73 Å². The van der Waals surface area contributed by atoms with Gasteiger partial charge < -0.3 is 20.7 Å². The smallest absolute Gasteiger partial charge is 0.338 e. The molecule has 0 heterocycles. The molecule has 19 heavy (non-hydrogen) atoms. The Bertz CT molecular complexity index is 490. The molecule has 0 amide bonds. The summed E-state index contributed by atoms with van der Waals surface area (Å²) < 4.78 is 4.55. The third kappa shape index (κ3) is 3.39. The fourth-order valence-corrected chi connectivity index (χ4v) is 1.47. The Labute approximate surface area is 108 Å².